The van der Waals surface area contributed by atoms with Gasteiger partial charge >= 0.3 is 5.69 Å². The Bertz CT molecular complexity index is 706. The van der Waals surface area contributed by atoms with Crippen LogP contribution in [0.4, 0.5) is 17.3 Å². The summed E-state index contributed by atoms with van der Waals surface area (Å²) in [6.07, 6.45) is 4.10. The maximum atomic E-state index is 11.9. The van der Waals surface area contributed by atoms with E-state index >= 15 is 0 Å². The maximum Gasteiger partial charge on any atom is 0.354 e. The SMILES string of the molecule is CC(C)Nc1ncnc(NNC(=O)c2ccncc2)c1[N+](=O)[O-]. The van der Waals surface area contributed by atoms with E-state index in [1.165, 1.54) is 30.9 Å². The van der Waals surface area contributed by atoms with Crippen molar-refractivity contribution in [2.24, 2.45) is 0 Å². The fraction of sp³-hybridized carbons (Fsp3) is 0.231. The lowest BCUT2D eigenvalue weighted by molar-refractivity contribution is -0.383. The highest BCUT2D eigenvalue weighted by Gasteiger charge is 2.23. The molecule has 23 heavy (non-hydrogen) atoms. The minimum Gasteiger partial charge on any atom is -0.362 e. The summed E-state index contributed by atoms with van der Waals surface area (Å²) in [7, 11) is 0. The minimum absolute atomic E-state index is 0.0529. The van der Waals surface area contributed by atoms with E-state index in [0.29, 0.717) is 5.56 Å². The van der Waals surface area contributed by atoms with E-state index in [1.54, 1.807) is 0 Å². The van der Waals surface area contributed by atoms with Crippen molar-refractivity contribution in [3.63, 3.8) is 0 Å². The van der Waals surface area contributed by atoms with Crippen LogP contribution in [0.2, 0.25) is 0 Å². The number of anilines is 2. The topological polar surface area (TPSA) is 135 Å². The van der Waals surface area contributed by atoms with Crippen LogP contribution < -0.4 is 16.2 Å². The molecular weight excluding hydrogens is 302 g/mol. The monoisotopic (exact) mass is 317 g/mol. The van der Waals surface area contributed by atoms with Crippen LogP contribution in [0.5, 0.6) is 0 Å². The van der Waals surface area contributed by atoms with Gasteiger partial charge in [0.05, 0.1) is 4.92 Å². The number of amides is 1. The average molecular weight is 317 g/mol. The molecule has 0 fully saturated rings. The lowest BCUT2D eigenvalue weighted by atomic mass is 10.3. The van der Waals surface area contributed by atoms with Crippen LogP contribution in [-0.2, 0) is 0 Å². The second-order valence-corrected chi connectivity index (χ2v) is 4.79. The Morgan fingerprint density at radius 1 is 1.22 bits per heavy atom. The van der Waals surface area contributed by atoms with E-state index < -0.39 is 10.8 Å². The van der Waals surface area contributed by atoms with E-state index in [9.17, 15) is 14.9 Å². The number of pyridine rings is 1. The van der Waals surface area contributed by atoms with Gasteiger partial charge in [-0.05, 0) is 26.0 Å². The third-order valence-corrected chi connectivity index (χ3v) is 2.67. The summed E-state index contributed by atoms with van der Waals surface area (Å²) in [5.41, 5.74) is 4.81. The van der Waals surface area contributed by atoms with Crippen molar-refractivity contribution in [2.75, 3.05) is 10.7 Å². The number of carbonyl (C=O) groups excluding carboxylic acids is 1. The highest BCUT2D eigenvalue weighted by molar-refractivity contribution is 5.94. The van der Waals surface area contributed by atoms with Gasteiger partial charge in [0.25, 0.3) is 5.91 Å². The van der Waals surface area contributed by atoms with E-state index in [1.807, 2.05) is 13.8 Å². The van der Waals surface area contributed by atoms with Crippen molar-refractivity contribution in [3.05, 3.63) is 46.5 Å². The van der Waals surface area contributed by atoms with Gasteiger partial charge < -0.3 is 5.32 Å². The molecule has 10 heteroatoms. The van der Waals surface area contributed by atoms with Crippen molar-refractivity contribution >= 4 is 23.2 Å². The zero-order chi connectivity index (χ0) is 16.8. The molecule has 0 aliphatic heterocycles. The Kier molecular flexibility index (Phi) is 4.97. The first-order valence-electron chi connectivity index (χ1n) is 6.71. The first-order chi connectivity index (χ1) is 11.0. The number of hydrogen-bond acceptors (Lipinski definition) is 8. The normalized spacial score (nSPS) is 10.2. The van der Waals surface area contributed by atoms with E-state index in [0.717, 1.165) is 0 Å². The number of nitrogens with zero attached hydrogens (tertiary/aromatic N) is 4. The molecule has 10 nitrogen and oxygen atoms in total. The van der Waals surface area contributed by atoms with Crippen molar-refractivity contribution < 1.29 is 9.72 Å². The Hall–Kier alpha value is -3.30. The summed E-state index contributed by atoms with van der Waals surface area (Å²) >= 11 is 0. The first kappa shape index (κ1) is 16.1. The predicted octanol–water partition coefficient (Wildman–Crippen LogP) is 1.36. The Morgan fingerprint density at radius 2 is 1.87 bits per heavy atom. The molecule has 2 heterocycles. The molecule has 1 amide bonds. The van der Waals surface area contributed by atoms with E-state index in [2.05, 4.69) is 31.1 Å². The molecule has 0 spiro atoms. The highest BCUT2D eigenvalue weighted by Crippen LogP contribution is 2.28. The van der Waals surface area contributed by atoms with Crippen LogP contribution in [0.25, 0.3) is 0 Å². The van der Waals surface area contributed by atoms with Crippen molar-refractivity contribution in [3.8, 4) is 0 Å². The van der Waals surface area contributed by atoms with Gasteiger partial charge in [0, 0.05) is 24.0 Å². The second kappa shape index (κ2) is 7.11. The number of hydrazine groups is 1. The quantitative estimate of drug-likeness (QED) is 0.537. The van der Waals surface area contributed by atoms with Crippen molar-refractivity contribution in [2.45, 2.75) is 19.9 Å². The van der Waals surface area contributed by atoms with E-state index in [-0.39, 0.29) is 23.4 Å². The van der Waals surface area contributed by atoms with Crippen LogP contribution in [-0.4, -0.2) is 31.8 Å². The molecule has 0 atom stereocenters. The van der Waals surface area contributed by atoms with Crippen LogP contribution in [0.1, 0.15) is 24.2 Å². The van der Waals surface area contributed by atoms with Crippen LogP contribution in [0.3, 0.4) is 0 Å². The predicted molar refractivity (Wildman–Crippen MR) is 82.8 cm³/mol. The zero-order valence-corrected chi connectivity index (χ0v) is 12.5. The molecule has 0 saturated heterocycles. The first-order valence-corrected chi connectivity index (χ1v) is 6.71. The molecule has 120 valence electrons. The molecular formula is C13H15N7O3. The lowest BCUT2D eigenvalue weighted by Gasteiger charge is -2.12. The third-order valence-electron chi connectivity index (χ3n) is 2.67. The van der Waals surface area contributed by atoms with Crippen LogP contribution in [0, 0.1) is 10.1 Å². The van der Waals surface area contributed by atoms with Gasteiger partial charge in [-0.15, -0.1) is 0 Å². The molecule has 0 aliphatic carbocycles. The minimum atomic E-state index is -0.619. The molecule has 2 rings (SSSR count). The summed E-state index contributed by atoms with van der Waals surface area (Å²) in [4.78, 5) is 34.0. The van der Waals surface area contributed by atoms with Gasteiger partial charge in [0.15, 0.2) is 0 Å². The molecule has 2 aromatic heterocycles. The third kappa shape index (κ3) is 4.09. The van der Waals surface area contributed by atoms with Gasteiger partial charge in [-0.1, -0.05) is 0 Å². The lowest BCUT2D eigenvalue weighted by Crippen LogP contribution is -2.30. The zero-order valence-electron chi connectivity index (χ0n) is 12.5. The van der Waals surface area contributed by atoms with Gasteiger partial charge in [0.2, 0.25) is 11.6 Å². The van der Waals surface area contributed by atoms with Gasteiger partial charge in [-0.25, -0.2) is 9.97 Å². The maximum absolute atomic E-state index is 11.9. The molecule has 0 aliphatic rings. The summed E-state index contributed by atoms with van der Waals surface area (Å²) in [5.74, 6) is -0.519. The van der Waals surface area contributed by atoms with Gasteiger partial charge in [-0.2, -0.15) is 0 Å². The molecule has 3 N–H and O–H groups in total. The average Bonchev–Trinajstić information content (AvgIpc) is 2.52. The number of nitrogens with one attached hydrogen (secondary N) is 3. The fourth-order valence-corrected chi connectivity index (χ4v) is 1.71. The largest absolute Gasteiger partial charge is 0.362 e. The van der Waals surface area contributed by atoms with Crippen molar-refractivity contribution in [1.82, 2.24) is 20.4 Å². The Morgan fingerprint density at radius 3 is 2.48 bits per heavy atom. The fourth-order valence-electron chi connectivity index (χ4n) is 1.71. The Balaban J connectivity index is 2.19. The smallest absolute Gasteiger partial charge is 0.354 e. The number of rotatable bonds is 6. The van der Waals surface area contributed by atoms with Crippen LogP contribution in [0.15, 0.2) is 30.9 Å². The van der Waals surface area contributed by atoms with Gasteiger partial charge in [-0.3, -0.25) is 30.7 Å². The molecule has 0 aromatic carbocycles. The molecule has 0 bridgehead atoms. The number of hydrogen-bond donors (Lipinski definition) is 3. The number of carbonyl (C=O) groups is 1. The van der Waals surface area contributed by atoms with Gasteiger partial charge in [0.1, 0.15) is 6.33 Å². The molecule has 0 saturated carbocycles. The standard InChI is InChI=1S/C13H15N7O3/c1-8(2)17-11-10(20(22)23)12(16-7-15-11)18-19-13(21)9-3-5-14-6-4-9/h3-8H,1-2H3,(H,19,21)(H2,15,16,17,18). The van der Waals surface area contributed by atoms with Crippen molar-refractivity contribution in [1.29, 1.82) is 0 Å². The Labute approximate surface area is 131 Å². The second-order valence-electron chi connectivity index (χ2n) is 4.79. The van der Waals surface area contributed by atoms with E-state index in [4.69, 9.17) is 0 Å². The number of aromatic nitrogens is 3. The highest BCUT2D eigenvalue weighted by atomic mass is 16.6. The summed E-state index contributed by atoms with van der Waals surface area (Å²) in [5, 5.41) is 14.1. The van der Waals surface area contributed by atoms with Crippen LogP contribution >= 0.6 is 0 Å². The summed E-state index contributed by atoms with van der Waals surface area (Å²) in [6.45, 7) is 3.65. The molecule has 0 radical (unpaired) electrons. The molecule has 2 aromatic rings. The summed E-state index contributed by atoms with van der Waals surface area (Å²) in [6, 6.07) is 2.97. The number of nitro groups is 1. The molecule has 0 unspecified atom stereocenters. The summed E-state index contributed by atoms with van der Waals surface area (Å²) < 4.78 is 0.